The van der Waals surface area contributed by atoms with Gasteiger partial charge in [-0.05, 0) is 124 Å². The van der Waals surface area contributed by atoms with Gasteiger partial charge in [0.05, 0.1) is 48.6 Å². The maximum atomic E-state index is 15.3. The van der Waals surface area contributed by atoms with E-state index in [4.69, 9.17) is 14.5 Å². The SMILES string of the molecule is COc1cc(OCC2CC3(CCN(CC4CCN(c5ccc(C6CCC(=O)NC6=O)cc5F)CC4)CC3)C2)ccc1Nc1ncc2c(n1)C(C1CCCC1)CC(F)(F)C(=O)N2C. The summed E-state index contributed by atoms with van der Waals surface area (Å²) in [5, 5.41) is 5.59. The van der Waals surface area contributed by atoms with Crippen molar-refractivity contribution in [3.63, 3.8) is 0 Å². The summed E-state index contributed by atoms with van der Waals surface area (Å²) in [5.74, 6) is -4.04. The Bertz CT molecular complexity index is 2160. The molecule has 3 amide bonds. The first-order valence-electron chi connectivity index (χ1n) is 22.6. The van der Waals surface area contributed by atoms with Gasteiger partial charge in [-0.25, -0.2) is 14.4 Å². The van der Waals surface area contributed by atoms with Gasteiger partial charge in [-0.1, -0.05) is 18.9 Å². The van der Waals surface area contributed by atoms with Crippen LogP contribution in [0.2, 0.25) is 0 Å². The average Bonchev–Trinajstić information content (AvgIpc) is 3.78. The van der Waals surface area contributed by atoms with E-state index in [1.807, 2.05) is 24.3 Å². The van der Waals surface area contributed by atoms with Gasteiger partial charge in [0.2, 0.25) is 17.8 Å². The highest BCUT2D eigenvalue weighted by Crippen LogP contribution is 2.53. The van der Waals surface area contributed by atoms with Crippen molar-refractivity contribution in [3.05, 3.63) is 59.7 Å². The molecule has 332 valence electrons. The van der Waals surface area contributed by atoms with Crippen molar-refractivity contribution in [1.82, 2.24) is 20.2 Å². The fourth-order valence-electron chi connectivity index (χ4n) is 11.4. The van der Waals surface area contributed by atoms with Gasteiger partial charge in [-0.3, -0.25) is 19.7 Å². The van der Waals surface area contributed by atoms with Crippen molar-refractivity contribution < 1.29 is 37.0 Å². The van der Waals surface area contributed by atoms with Crippen LogP contribution in [0.15, 0.2) is 42.6 Å². The van der Waals surface area contributed by atoms with Crippen LogP contribution in [0, 0.1) is 29.0 Å². The van der Waals surface area contributed by atoms with E-state index < -0.39 is 30.1 Å². The molecule has 2 N–H and O–H groups in total. The van der Waals surface area contributed by atoms with Gasteiger partial charge >= 0.3 is 5.92 Å². The summed E-state index contributed by atoms with van der Waals surface area (Å²) in [5.41, 5.74) is 3.03. The molecule has 2 unspecified atom stereocenters. The lowest BCUT2D eigenvalue weighted by Crippen LogP contribution is -2.49. The molecule has 2 saturated carbocycles. The lowest BCUT2D eigenvalue weighted by molar-refractivity contribution is -0.143. The second-order valence-electron chi connectivity index (χ2n) is 18.9. The minimum atomic E-state index is -3.47. The molecule has 3 saturated heterocycles. The molecule has 3 aromatic rings. The Morgan fingerprint density at radius 1 is 0.903 bits per heavy atom. The van der Waals surface area contributed by atoms with Gasteiger partial charge in [0.15, 0.2) is 0 Å². The summed E-state index contributed by atoms with van der Waals surface area (Å²) in [6, 6.07) is 10.7. The van der Waals surface area contributed by atoms with Crippen molar-refractivity contribution in [3.8, 4) is 11.5 Å². The van der Waals surface area contributed by atoms with Crippen LogP contribution in [-0.2, 0) is 14.4 Å². The molecule has 0 radical (unpaired) electrons. The molecule has 1 spiro atoms. The lowest BCUT2D eigenvalue weighted by Gasteiger charge is -2.52. The first-order chi connectivity index (χ1) is 29.9. The number of ether oxygens (including phenoxy) is 2. The number of imide groups is 1. The Balaban J connectivity index is 0.726. The molecule has 2 aliphatic carbocycles. The van der Waals surface area contributed by atoms with Gasteiger partial charge in [-0.15, -0.1) is 0 Å². The lowest BCUT2D eigenvalue weighted by atomic mass is 9.58. The highest BCUT2D eigenvalue weighted by molar-refractivity contribution is 6.01. The van der Waals surface area contributed by atoms with Gasteiger partial charge in [-0.2, -0.15) is 8.78 Å². The van der Waals surface area contributed by atoms with E-state index in [2.05, 4.69) is 25.4 Å². The van der Waals surface area contributed by atoms with E-state index in [9.17, 15) is 14.4 Å². The fraction of sp³-hybridized carbons (Fsp3) is 0.596. The number of anilines is 4. The molecule has 9 rings (SSSR count). The molecule has 1 aromatic heterocycles. The number of carbonyl (C=O) groups is 3. The number of benzene rings is 2. The van der Waals surface area contributed by atoms with Crippen LogP contribution in [-0.4, -0.2) is 92.0 Å². The summed E-state index contributed by atoms with van der Waals surface area (Å²) >= 11 is 0. The van der Waals surface area contributed by atoms with E-state index in [1.165, 1.54) is 32.2 Å². The number of fused-ring (bicyclic) bond motifs is 1. The number of carbonyl (C=O) groups excluding carboxylic acids is 3. The van der Waals surface area contributed by atoms with E-state index in [-0.39, 0.29) is 35.9 Å². The predicted octanol–water partition coefficient (Wildman–Crippen LogP) is 7.95. The van der Waals surface area contributed by atoms with Crippen molar-refractivity contribution in [2.45, 2.75) is 101 Å². The molecule has 5 heterocycles. The number of halogens is 3. The number of rotatable bonds is 11. The number of hydrogen-bond donors (Lipinski definition) is 2. The standard InChI is InChI=1S/C47H58F3N7O5/c1-55-39-26-51-45(54-42(39)35(31-5-3-4-6-31)25-47(49,50)44(55)60)52-37-10-8-33(22-40(37)61-2)62-28-30-23-46(24-30)15-19-56(20-16-46)27-29-13-17-57(18-14-29)38-11-7-32(21-36(38)48)34-9-12-41(58)53-43(34)59/h7-8,10-11,21-22,26,29-31,34-35H,3-6,9,12-20,23-25,27-28H2,1-2H3,(H,51,52,54)(H,53,58,59). The number of nitrogens with one attached hydrogen (secondary N) is 2. The van der Waals surface area contributed by atoms with Gasteiger partial charge in [0, 0.05) is 51.5 Å². The minimum absolute atomic E-state index is 0.0372. The zero-order chi connectivity index (χ0) is 43.2. The number of alkyl halides is 2. The second-order valence-corrected chi connectivity index (χ2v) is 18.9. The van der Waals surface area contributed by atoms with Gasteiger partial charge in [0.1, 0.15) is 17.3 Å². The molecule has 5 fully saturated rings. The summed E-state index contributed by atoms with van der Waals surface area (Å²) in [4.78, 5) is 51.5. The molecule has 12 nitrogen and oxygen atoms in total. The maximum absolute atomic E-state index is 15.3. The Hall–Kier alpha value is -4.92. The number of aromatic nitrogens is 2. The van der Waals surface area contributed by atoms with Crippen LogP contribution in [0.5, 0.6) is 11.5 Å². The quantitative estimate of drug-likeness (QED) is 0.184. The Labute approximate surface area is 361 Å². The Morgan fingerprint density at radius 2 is 1.66 bits per heavy atom. The smallest absolute Gasteiger partial charge is 0.325 e. The van der Waals surface area contributed by atoms with Crippen LogP contribution in [0.1, 0.15) is 107 Å². The molecule has 15 heteroatoms. The summed E-state index contributed by atoms with van der Waals surface area (Å²) in [7, 11) is 2.95. The van der Waals surface area contributed by atoms with Crippen LogP contribution < -0.4 is 29.9 Å². The van der Waals surface area contributed by atoms with E-state index in [1.54, 1.807) is 13.2 Å². The number of hydrogen-bond acceptors (Lipinski definition) is 10. The van der Waals surface area contributed by atoms with Crippen molar-refractivity contribution in [2.24, 2.45) is 23.2 Å². The number of methoxy groups -OCH3 is 1. The van der Waals surface area contributed by atoms with Crippen LogP contribution in [0.3, 0.4) is 0 Å². The van der Waals surface area contributed by atoms with E-state index in [0.717, 1.165) is 89.0 Å². The van der Waals surface area contributed by atoms with Crippen LogP contribution >= 0.6 is 0 Å². The summed E-state index contributed by atoms with van der Waals surface area (Å²) in [6.45, 7) is 5.53. The highest BCUT2D eigenvalue weighted by atomic mass is 19.3. The topological polar surface area (TPSA) is 129 Å². The fourth-order valence-corrected chi connectivity index (χ4v) is 11.4. The average molecular weight is 858 g/mol. The molecule has 2 aromatic carbocycles. The van der Waals surface area contributed by atoms with Crippen molar-refractivity contribution in [1.29, 1.82) is 0 Å². The van der Waals surface area contributed by atoms with E-state index >= 15 is 13.2 Å². The largest absolute Gasteiger partial charge is 0.494 e. The third-order valence-corrected chi connectivity index (χ3v) is 14.9. The molecule has 6 aliphatic rings. The predicted molar refractivity (Wildman–Crippen MR) is 229 cm³/mol. The number of nitrogens with zero attached hydrogens (tertiary/aromatic N) is 5. The molecule has 62 heavy (non-hydrogen) atoms. The number of amides is 3. The number of piperidine rings is 3. The number of likely N-dealkylation sites (tertiary alicyclic amines) is 1. The molecule has 0 bridgehead atoms. The van der Waals surface area contributed by atoms with Gasteiger partial charge in [0.25, 0.3) is 5.91 Å². The first-order valence-corrected chi connectivity index (χ1v) is 22.6. The second kappa shape index (κ2) is 17.3. The zero-order valence-corrected chi connectivity index (χ0v) is 35.8. The van der Waals surface area contributed by atoms with Crippen LogP contribution in [0.4, 0.5) is 36.2 Å². The molecular formula is C47H58F3N7O5. The van der Waals surface area contributed by atoms with E-state index in [0.29, 0.717) is 70.1 Å². The molecule has 4 aliphatic heterocycles. The third kappa shape index (κ3) is 8.70. The third-order valence-electron chi connectivity index (χ3n) is 14.9. The van der Waals surface area contributed by atoms with Gasteiger partial charge < -0.3 is 29.5 Å². The van der Waals surface area contributed by atoms with Crippen molar-refractivity contribution >= 4 is 40.7 Å². The molecular weight excluding hydrogens is 800 g/mol. The highest BCUT2D eigenvalue weighted by Gasteiger charge is 2.50. The Morgan fingerprint density at radius 3 is 2.37 bits per heavy atom. The monoisotopic (exact) mass is 857 g/mol. The normalized spacial score (nSPS) is 24.7. The summed E-state index contributed by atoms with van der Waals surface area (Å²) < 4.78 is 57.5. The van der Waals surface area contributed by atoms with Crippen LogP contribution in [0.25, 0.3) is 0 Å². The maximum Gasteiger partial charge on any atom is 0.325 e. The summed E-state index contributed by atoms with van der Waals surface area (Å²) in [6.07, 6.45) is 12.0. The van der Waals surface area contributed by atoms with Crippen molar-refractivity contribution in [2.75, 3.05) is 68.6 Å². The zero-order valence-electron chi connectivity index (χ0n) is 35.8. The first kappa shape index (κ1) is 42.4. The molecule has 2 atom stereocenters. The minimum Gasteiger partial charge on any atom is -0.494 e. The Kier molecular flexibility index (Phi) is 11.8.